The average molecular weight is 289 g/mol. The Bertz CT molecular complexity index is 511. The van der Waals surface area contributed by atoms with E-state index in [9.17, 15) is 9.59 Å². The zero-order valence-electron chi connectivity index (χ0n) is 12.4. The maximum atomic E-state index is 12.0. The van der Waals surface area contributed by atoms with E-state index in [1.54, 1.807) is 0 Å². The molecule has 0 aromatic heterocycles. The van der Waals surface area contributed by atoms with Crippen LogP contribution in [0, 0.1) is 0 Å². The fourth-order valence-electron chi connectivity index (χ4n) is 2.77. The highest BCUT2D eigenvalue weighted by atomic mass is 16.4. The molecule has 114 valence electrons. The lowest BCUT2D eigenvalue weighted by atomic mass is 10.1. The highest BCUT2D eigenvalue weighted by Gasteiger charge is 2.13. The maximum Gasteiger partial charge on any atom is 0.303 e. The molecule has 0 unspecified atom stereocenters. The summed E-state index contributed by atoms with van der Waals surface area (Å²) in [6.07, 6.45) is 7.12. The van der Waals surface area contributed by atoms with Crippen LogP contribution in [0.5, 0.6) is 0 Å². The van der Waals surface area contributed by atoms with Gasteiger partial charge in [-0.3, -0.25) is 9.59 Å². The Balaban J connectivity index is 1.64. The predicted octanol–water partition coefficient (Wildman–Crippen LogP) is 2.94. The second-order valence-corrected chi connectivity index (χ2v) is 5.65. The molecule has 2 N–H and O–H groups in total. The lowest BCUT2D eigenvalue weighted by molar-refractivity contribution is -0.137. The summed E-state index contributed by atoms with van der Waals surface area (Å²) in [5.41, 5.74) is 3.45. The number of carbonyl (C=O) groups is 2. The molecule has 0 saturated carbocycles. The quantitative estimate of drug-likeness (QED) is 0.723. The third kappa shape index (κ3) is 4.88. The number of benzene rings is 1. The first-order valence-corrected chi connectivity index (χ1v) is 7.78. The van der Waals surface area contributed by atoms with Crippen LogP contribution in [-0.4, -0.2) is 23.5 Å². The summed E-state index contributed by atoms with van der Waals surface area (Å²) in [6, 6.07) is 6.00. The molecule has 0 saturated heterocycles. The SMILES string of the molecule is O=C(O)CCCCCCNC(=O)c1ccc2c(c1)CCC2. The van der Waals surface area contributed by atoms with Crippen molar-refractivity contribution in [3.63, 3.8) is 0 Å². The van der Waals surface area contributed by atoms with Crippen LogP contribution in [0.2, 0.25) is 0 Å². The summed E-state index contributed by atoms with van der Waals surface area (Å²) in [4.78, 5) is 22.4. The van der Waals surface area contributed by atoms with Gasteiger partial charge in [0.2, 0.25) is 0 Å². The van der Waals surface area contributed by atoms with Gasteiger partial charge in [0.15, 0.2) is 0 Å². The molecule has 0 atom stereocenters. The monoisotopic (exact) mass is 289 g/mol. The lowest BCUT2D eigenvalue weighted by Gasteiger charge is -2.07. The van der Waals surface area contributed by atoms with Gasteiger partial charge in [0.1, 0.15) is 0 Å². The van der Waals surface area contributed by atoms with Crippen LogP contribution in [0.15, 0.2) is 18.2 Å². The Kier molecular flexibility index (Phi) is 5.78. The minimum atomic E-state index is -0.736. The number of fused-ring (bicyclic) bond motifs is 1. The molecule has 0 aliphatic heterocycles. The van der Waals surface area contributed by atoms with Crippen molar-refractivity contribution >= 4 is 11.9 Å². The van der Waals surface area contributed by atoms with Crippen molar-refractivity contribution in [2.75, 3.05) is 6.54 Å². The number of nitrogens with one attached hydrogen (secondary N) is 1. The number of hydrogen-bond donors (Lipinski definition) is 2. The molecule has 0 radical (unpaired) electrons. The first-order chi connectivity index (χ1) is 10.2. The number of carbonyl (C=O) groups excluding carboxylic acids is 1. The van der Waals surface area contributed by atoms with Crippen LogP contribution in [0.1, 0.15) is 60.0 Å². The van der Waals surface area contributed by atoms with Crippen LogP contribution >= 0.6 is 0 Å². The normalized spacial score (nSPS) is 13.0. The molecule has 1 aliphatic carbocycles. The minimum absolute atomic E-state index is 0.00441. The van der Waals surface area contributed by atoms with E-state index in [2.05, 4.69) is 11.4 Å². The molecule has 1 aromatic carbocycles. The van der Waals surface area contributed by atoms with Crippen molar-refractivity contribution in [2.24, 2.45) is 0 Å². The number of aliphatic carboxylic acids is 1. The smallest absolute Gasteiger partial charge is 0.303 e. The molecule has 4 nitrogen and oxygen atoms in total. The third-order valence-corrected chi connectivity index (χ3v) is 3.96. The van der Waals surface area contributed by atoms with Gasteiger partial charge in [0.05, 0.1) is 0 Å². The summed E-state index contributed by atoms with van der Waals surface area (Å²) in [5, 5.41) is 11.5. The van der Waals surface area contributed by atoms with E-state index in [0.717, 1.165) is 37.7 Å². The average Bonchev–Trinajstić information content (AvgIpc) is 2.93. The zero-order chi connectivity index (χ0) is 15.1. The number of hydrogen-bond acceptors (Lipinski definition) is 2. The van der Waals surface area contributed by atoms with Gasteiger partial charge in [0.25, 0.3) is 5.91 Å². The van der Waals surface area contributed by atoms with Crippen molar-refractivity contribution < 1.29 is 14.7 Å². The van der Waals surface area contributed by atoms with Gasteiger partial charge in [-0.25, -0.2) is 0 Å². The molecule has 1 aliphatic rings. The molecule has 0 heterocycles. The Morgan fingerprint density at radius 3 is 2.62 bits per heavy atom. The molecule has 0 bridgehead atoms. The minimum Gasteiger partial charge on any atom is -0.481 e. The molecule has 21 heavy (non-hydrogen) atoms. The molecule has 0 spiro atoms. The first kappa shape index (κ1) is 15.5. The zero-order valence-corrected chi connectivity index (χ0v) is 12.4. The number of unbranched alkanes of at least 4 members (excludes halogenated alkanes) is 3. The Morgan fingerprint density at radius 2 is 1.81 bits per heavy atom. The maximum absolute atomic E-state index is 12.0. The molecule has 2 rings (SSSR count). The van der Waals surface area contributed by atoms with Crippen LogP contribution in [0.3, 0.4) is 0 Å². The number of carboxylic acids is 1. The van der Waals surface area contributed by atoms with Crippen molar-refractivity contribution in [1.82, 2.24) is 5.32 Å². The van der Waals surface area contributed by atoms with Gasteiger partial charge in [-0.1, -0.05) is 18.9 Å². The molecule has 0 fully saturated rings. The summed E-state index contributed by atoms with van der Waals surface area (Å²) in [6.45, 7) is 0.656. The van der Waals surface area contributed by atoms with Crippen molar-refractivity contribution in [3.05, 3.63) is 34.9 Å². The summed E-state index contributed by atoms with van der Waals surface area (Å²) < 4.78 is 0. The molecule has 4 heteroatoms. The molecule has 1 aromatic rings. The molecule has 1 amide bonds. The number of rotatable bonds is 8. The fourth-order valence-corrected chi connectivity index (χ4v) is 2.77. The van der Waals surface area contributed by atoms with E-state index >= 15 is 0 Å². The fraction of sp³-hybridized carbons (Fsp3) is 0.529. The summed E-state index contributed by atoms with van der Waals surface area (Å²) >= 11 is 0. The van der Waals surface area contributed by atoms with Gasteiger partial charge < -0.3 is 10.4 Å². The number of amides is 1. The van der Waals surface area contributed by atoms with Gasteiger partial charge in [-0.2, -0.15) is 0 Å². The van der Waals surface area contributed by atoms with Crippen LogP contribution in [-0.2, 0) is 17.6 Å². The van der Waals surface area contributed by atoms with Crippen LogP contribution in [0.4, 0.5) is 0 Å². The van der Waals surface area contributed by atoms with Gasteiger partial charge in [-0.05, 0) is 55.4 Å². The van der Waals surface area contributed by atoms with E-state index in [4.69, 9.17) is 5.11 Å². The lowest BCUT2D eigenvalue weighted by Crippen LogP contribution is -2.24. The Labute approximate surface area is 125 Å². The van der Waals surface area contributed by atoms with E-state index < -0.39 is 5.97 Å². The summed E-state index contributed by atoms with van der Waals surface area (Å²) in [7, 11) is 0. The van der Waals surface area contributed by atoms with Crippen LogP contribution in [0.25, 0.3) is 0 Å². The topological polar surface area (TPSA) is 66.4 Å². The van der Waals surface area contributed by atoms with Crippen molar-refractivity contribution in [2.45, 2.75) is 51.4 Å². The first-order valence-electron chi connectivity index (χ1n) is 7.78. The van der Waals surface area contributed by atoms with Crippen molar-refractivity contribution in [1.29, 1.82) is 0 Å². The van der Waals surface area contributed by atoms with Crippen LogP contribution < -0.4 is 5.32 Å². The highest BCUT2D eigenvalue weighted by Crippen LogP contribution is 2.22. The van der Waals surface area contributed by atoms with Gasteiger partial charge >= 0.3 is 5.97 Å². The Morgan fingerprint density at radius 1 is 1.05 bits per heavy atom. The van der Waals surface area contributed by atoms with Crippen molar-refractivity contribution in [3.8, 4) is 0 Å². The van der Waals surface area contributed by atoms with E-state index in [0.29, 0.717) is 13.0 Å². The second-order valence-electron chi connectivity index (χ2n) is 5.65. The number of aryl methyl sites for hydroxylation is 2. The Hall–Kier alpha value is -1.84. The third-order valence-electron chi connectivity index (χ3n) is 3.96. The second kappa shape index (κ2) is 7.81. The molecular formula is C17H23NO3. The van der Waals surface area contributed by atoms with E-state index in [1.165, 1.54) is 17.5 Å². The van der Waals surface area contributed by atoms with Gasteiger partial charge in [-0.15, -0.1) is 0 Å². The van der Waals surface area contributed by atoms with E-state index in [-0.39, 0.29) is 12.3 Å². The largest absolute Gasteiger partial charge is 0.481 e. The van der Waals surface area contributed by atoms with E-state index in [1.807, 2.05) is 12.1 Å². The van der Waals surface area contributed by atoms with Gasteiger partial charge in [0, 0.05) is 18.5 Å². The highest BCUT2D eigenvalue weighted by molar-refractivity contribution is 5.94. The predicted molar refractivity (Wildman–Crippen MR) is 81.5 cm³/mol. The number of carboxylic acid groups (broad SMARTS) is 1. The summed E-state index contributed by atoms with van der Waals surface area (Å²) in [5.74, 6) is -0.741. The standard InChI is InChI=1S/C17H23NO3/c19-16(20)8-3-1-2-4-11-18-17(21)15-10-9-13-6-5-7-14(13)12-15/h9-10,12H,1-8,11H2,(H,18,21)(H,19,20). The molecular weight excluding hydrogens is 266 g/mol.